The van der Waals surface area contributed by atoms with Gasteiger partial charge in [-0.2, -0.15) is 9.50 Å². The van der Waals surface area contributed by atoms with Gasteiger partial charge in [-0.15, -0.1) is 5.10 Å². The van der Waals surface area contributed by atoms with E-state index >= 15 is 0 Å². The van der Waals surface area contributed by atoms with Gasteiger partial charge in [0.2, 0.25) is 4.96 Å². The first kappa shape index (κ1) is 21.8. The zero-order valence-corrected chi connectivity index (χ0v) is 18.8. The van der Waals surface area contributed by atoms with Crippen LogP contribution in [0.5, 0.6) is 11.5 Å². The number of benzene rings is 2. The fourth-order valence-corrected chi connectivity index (χ4v) is 4.12. The molecule has 0 N–H and O–H groups in total. The molecule has 0 aliphatic rings. The van der Waals surface area contributed by atoms with Crippen LogP contribution in [0.1, 0.15) is 31.7 Å². The van der Waals surface area contributed by atoms with Gasteiger partial charge in [-0.05, 0) is 42.8 Å². The summed E-state index contributed by atoms with van der Waals surface area (Å²) in [7, 11) is 0. The molecule has 2 aromatic heterocycles. The summed E-state index contributed by atoms with van der Waals surface area (Å²) in [5.41, 5.74) is 1.47. The Hall–Kier alpha value is -3.45. The first-order valence-electron chi connectivity index (χ1n) is 10.7. The number of hydrogen-bond acceptors (Lipinski definition) is 6. The van der Waals surface area contributed by atoms with E-state index in [0.717, 1.165) is 29.7 Å². The van der Waals surface area contributed by atoms with Gasteiger partial charge in [-0.1, -0.05) is 62.0 Å². The Morgan fingerprint density at radius 3 is 2.66 bits per heavy atom. The Kier molecular flexibility index (Phi) is 6.97. The van der Waals surface area contributed by atoms with Crippen LogP contribution < -0.4 is 19.6 Å². The van der Waals surface area contributed by atoms with Crippen molar-refractivity contribution in [1.82, 2.24) is 14.6 Å². The fourth-order valence-electron chi connectivity index (χ4n) is 3.22. The van der Waals surface area contributed by atoms with Crippen molar-refractivity contribution in [3.05, 3.63) is 81.6 Å². The Morgan fingerprint density at radius 2 is 1.91 bits per heavy atom. The molecule has 0 fully saturated rings. The van der Waals surface area contributed by atoms with E-state index in [1.807, 2.05) is 54.6 Å². The molecule has 0 amide bonds. The Bertz CT molecular complexity index is 1310. The van der Waals surface area contributed by atoms with Crippen LogP contribution in [0.15, 0.2) is 66.0 Å². The van der Waals surface area contributed by atoms with Crippen molar-refractivity contribution < 1.29 is 9.47 Å². The van der Waals surface area contributed by atoms with E-state index in [9.17, 15) is 4.79 Å². The normalized spacial score (nSPS) is 11.7. The van der Waals surface area contributed by atoms with E-state index in [-0.39, 0.29) is 5.56 Å². The van der Waals surface area contributed by atoms with Gasteiger partial charge in [0.05, 0.1) is 11.1 Å². The molecule has 0 atom stereocenters. The Morgan fingerprint density at radius 1 is 1.09 bits per heavy atom. The smallest absolute Gasteiger partial charge is 0.291 e. The van der Waals surface area contributed by atoms with Crippen molar-refractivity contribution in [2.45, 2.75) is 26.2 Å². The third kappa shape index (κ3) is 4.89. The quantitative estimate of drug-likeness (QED) is 0.265. The second-order valence-corrected chi connectivity index (χ2v) is 8.27. The average Bonchev–Trinajstić information content (AvgIpc) is 3.36. The van der Waals surface area contributed by atoms with E-state index in [2.05, 4.69) is 23.6 Å². The lowest BCUT2D eigenvalue weighted by atomic mass is 10.2. The highest BCUT2D eigenvalue weighted by molar-refractivity contribution is 7.15. The van der Waals surface area contributed by atoms with Gasteiger partial charge < -0.3 is 9.47 Å². The molecule has 0 radical (unpaired) electrons. The second-order valence-electron chi connectivity index (χ2n) is 7.26. The molecule has 164 valence electrons. The van der Waals surface area contributed by atoms with Crippen molar-refractivity contribution in [3.63, 3.8) is 0 Å². The van der Waals surface area contributed by atoms with Crippen molar-refractivity contribution >= 4 is 22.4 Å². The van der Waals surface area contributed by atoms with E-state index in [0.29, 0.717) is 34.3 Å². The maximum Gasteiger partial charge on any atom is 0.291 e. The molecule has 4 rings (SSSR count). The SMILES string of the molecule is C=CCOc1ccccc1/C=c1\sc2nc(-c3ccc(OCCCCC)cc3)nn2c1=O. The molecule has 6 nitrogen and oxygen atoms in total. The fraction of sp³-hybridized carbons (Fsp3) is 0.240. The third-order valence-corrected chi connectivity index (χ3v) is 5.83. The molecule has 0 spiro atoms. The third-order valence-electron chi connectivity index (χ3n) is 4.87. The molecule has 32 heavy (non-hydrogen) atoms. The molecule has 0 unspecified atom stereocenters. The van der Waals surface area contributed by atoms with Crippen LogP contribution in [-0.4, -0.2) is 27.8 Å². The molecule has 2 heterocycles. The van der Waals surface area contributed by atoms with Crippen LogP contribution in [-0.2, 0) is 0 Å². The van der Waals surface area contributed by atoms with Gasteiger partial charge >= 0.3 is 0 Å². The number of hydrogen-bond donors (Lipinski definition) is 0. The Labute approximate surface area is 190 Å². The minimum absolute atomic E-state index is 0.196. The van der Waals surface area contributed by atoms with Gasteiger partial charge in [0.15, 0.2) is 5.82 Å². The topological polar surface area (TPSA) is 65.7 Å². The molecule has 0 aliphatic carbocycles. The van der Waals surface area contributed by atoms with Crippen LogP contribution in [0.3, 0.4) is 0 Å². The van der Waals surface area contributed by atoms with E-state index in [1.54, 1.807) is 6.08 Å². The van der Waals surface area contributed by atoms with Crippen molar-refractivity contribution in [1.29, 1.82) is 0 Å². The molecular formula is C25H25N3O3S. The molecule has 4 aromatic rings. The average molecular weight is 448 g/mol. The molecule has 2 aromatic carbocycles. The van der Waals surface area contributed by atoms with Crippen LogP contribution in [0.4, 0.5) is 0 Å². The standard InChI is InChI=1S/C25H25N3O3S/c1-3-5-8-16-30-20-13-11-18(12-14-20)23-26-25-28(27-23)24(29)22(32-25)17-19-9-6-7-10-21(19)31-15-4-2/h4,6-7,9-14,17H,2-3,5,8,15-16H2,1H3/b22-17-. The number of unbranched alkanes of at least 4 members (excludes halogenated alkanes) is 2. The highest BCUT2D eigenvalue weighted by Crippen LogP contribution is 2.21. The molecule has 0 saturated heterocycles. The van der Waals surface area contributed by atoms with Crippen molar-refractivity contribution in [2.75, 3.05) is 13.2 Å². The Balaban J connectivity index is 1.57. The second kappa shape index (κ2) is 10.2. The number of thiazole rings is 1. The van der Waals surface area contributed by atoms with Crippen LogP contribution >= 0.6 is 11.3 Å². The summed E-state index contributed by atoms with van der Waals surface area (Å²) in [6.07, 6.45) is 6.88. The first-order valence-corrected chi connectivity index (χ1v) is 11.5. The predicted molar refractivity (Wildman–Crippen MR) is 129 cm³/mol. The lowest BCUT2D eigenvalue weighted by Gasteiger charge is -2.06. The van der Waals surface area contributed by atoms with Gasteiger partial charge in [0, 0.05) is 11.1 Å². The van der Waals surface area contributed by atoms with E-state index < -0.39 is 0 Å². The summed E-state index contributed by atoms with van der Waals surface area (Å²) in [6.45, 7) is 6.96. The lowest BCUT2D eigenvalue weighted by Crippen LogP contribution is -2.23. The number of nitrogens with zero attached hydrogens (tertiary/aromatic N) is 3. The van der Waals surface area contributed by atoms with Crippen LogP contribution in [0, 0.1) is 0 Å². The minimum atomic E-state index is -0.196. The monoisotopic (exact) mass is 447 g/mol. The maximum absolute atomic E-state index is 12.9. The molecule has 0 saturated carbocycles. The number of fused-ring (bicyclic) bond motifs is 1. The molecule has 0 aliphatic heterocycles. The van der Waals surface area contributed by atoms with Gasteiger partial charge in [0.25, 0.3) is 5.56 Å². The molecular weight excluding hydrogens is 422 g/mol. The summed E-state index contributed by atoms with van der Waals surface area (Å²) in [4.78, 5) is 18.0. The summed E-state index contributed by atoms with van der Waals surface area (Å²) < 4.78 is 13.3. The van der Waals surface area contributed by atoms with E-state index in [4.69, 9.17) is 9.47 Å². The summed E-state index contributed by atoms with van der Waals surface area (Å²) in [6, 6.07) is 15.2. The number of aromatic nitrogens is 3. The highest BCUT2D eigenvalue weighted by atomic mass is 32.1. The number of ether oxygens (including phenoxy) is 2. The molecule has 7 heteroatoms. The van der Waals surface area contributed by atoms with Gasteiger partial charge in [-0.3, -0.25) is 4.79 Å². The summed E-state index contributed by atoms with van der Waals surface area (Å²) in [5.74, 6) is 2.04. The lowest BCUT2D eigenvalue weighted by molar-refractivity contribution is 0.306. The maximum atomic E-state index is 12.9. The largest absolute Gasteiger partial charge is 0.494 e. The van der Waals surface area contributed by atoms with E-state index in [1.165, 1.54) is 22.3 Å². The first-order chi connectivity index (χ1) is 15.7. The van der Waals surface area contributed by atoms with Crippen LogP contribution in [0.2, 0.25) is 0 Å². The zero-order chi connectivity index (χ0) is 22.3. The zero-order valence-electron chi connectivity index (χ0n) is 18.0. The van der Waals surface area contributed by atoms with Crippen molar-refractivity contribution in [3.8, 4) is 22.9 Å². The summed E-state index contributed by atoms with van der Waals surface area (Å²) in [5, 5.41) is 4.43. The predicted octanol–water partition coefficient (Wildman–Crippen LogP) is 4.50. The van der Waals surface area contributed by atoms with Crippen molar-refractivity contribution in [2.24, 2.45) is 0 Å². The van der Waals surface area contributed by atoms with Gasteiger partial charge in [0.1, 0.15) is 18.1 Å². The van der Waals surface area contributed by atoms with Gasteiger partial charge in [-0.25, -0.2) is 0 Å². The molecule has 0 bridgehead atoms. The number of para-hydroxylation sites is 1. The minimum Gasteiger partial charge on any atom is -0.494 e. The van der Waals surface area contributed by atoms with Crippen LogP contribution in [0.25, 0.3) is 22.4 Å². The summed E-state index contributed by atoms with van der Waals surface area (Å²) >= 11 is 1.31. The number of rotatable bonds is 10. The highest BCUT2D eigenvalue weighted by Gasteiger charge is 2.12.